The summed E-state index contributed by atoms with van der Waals surface area (Å²) < 4.78 is 21.4. The predicted molar refractivity (Wildman–Crippen MR) is 102 cm³/mol. The van der Waals surface area contributed by atoms with Crippen molar-refractivity contribution in [1.29, 1.82) is 0 Å². The minimum absolute atomic E-state index is 0.285. The molecule has 0 spiro atoms. The zero-order valence-electron chi connectivity index (χ0n) is 14.6. The summed E-state index contributed by atoms with van der Waals surface area (Å²) >= 11 is 0. The molecule has 6 heteroatoms. The van der Waals surface area contributed by atoms with Crippen molar-refractivity contribution < 1.29 is 9.13 Å². The lowest BCUT2D eigenvalue weighted by molar-refractivity contribution is 0.106. The molecule has 0 bridgehead atoms. The summed E-state index contributed by atoms with van der Waals surface area (Å²) in [7, 11) is 0. The highest BCUT2D eigenvalue weighted by Crippen LogP contribution is 2.24. The van der Waals surface area contributed by atoms with Gasteiger partial charge in [0.1, 0.15) is 17.5 Å². The van der Waals surface area contributed by atoms with Crippen LogP contribution in [0.2, 0.25) is 0 Å². The van der Waals surface area contributed by atoms with Crippen LogP contribution in [0.1, 0.15) is 17.4 Å². The van der Waals surface area contributed by atoms with Gasteiger partial charge in [0.25, 0.3) is 0 Å². The smallest absolute Gasteiger partial charge is 0.138 e. The van der Waals surface area contributed by atoms with Crippen LogP contribution in [0.15, 0.2) is 72.9 Å². The molecule has 0 saturated carbocycles. The van der Waals surface area contributed by atoms with E-state index >= 15 is 0 Å². The maximum Gasteiger partial charge on any atom is 0.138 e. The van der Waals surface area contributed by atoms with Gasteiger partial charge in [-0.25, -0.2) is 14.4 Å². The van der Waals surface area contributed by atoms with E-state index in [2.05, 4.69) is 9.97 Å². The highest BCUT2D eigenvalue weighted by molar-refractivity contribution is 5.78. The van der Waals surface area contributed by atoms with Crippen LogP contribution in [-0.4, -0.2) is 21.1 Å². The minimum atomic E-state index is -0.480. The van der Waals surface area contributed by atoms with Crippen molar-refractivity contribution in [2.75, 3.05) is 6.61 Å². The van der Waals surface area contributed by atoms with Crippen LogP contribution in [0.5, 0.6) is 0 Å². The summed E-state index contributed by atoms with van der Waals surface area (Å²) in [5, 5.41) is 0. The van der Waals surface area contributed by atoms with Crippen molar-refractivity contribution in [2.24, 2.45) is 5.73 Å². The van der Waals surface area contributed by atoms with Gasteiger partial charge in [-0.3, -0.25) is 4.57 Å². The van der Waals surface area contributed by atoms with Crippen LogP contribution in [-0.2, 0) is 11.3 Å². The predicted octanol–water partition coefficient (Wildman–Crippen LogP) is 3.78. The summed E-state index contributed by atoms with van der Waals surface area (Å²) in [5.41, 5.74) is 8.73. The average molecular weight is 362 g/mol. The van der Waals surface area contributed by atoms with Crippen molar-refractivity contribution in [3.8, 4) is 5.82 Å². The van der Waals surface area contributed by atoms with E-state index < -0.39 is 6.04 Å². The van der Waals surface area contributed by atoms with Crippen LogP contribution in [0.4, 0.5) is 4.39 Å². The van der Waals surface area contributed by atoms with Crippen molar-refractivity contribution in [1.82, 2.24) is 14.5 Å². The lowest BCUT2D eigenvalue weighted by Gasteiger charge is -2.14. The fourth-order valence-electron chi connectivity index (χ4n) is 3.00. The number of fused-ring (bicyclic) bond motifs is 1. The molecule has 2 aromatic carbocycles. The van der Waals surface area contributed by atoms with Crippen LogP contribution >= 0.6 is 0 Å². The molecule has 0 unspecified atom stereocenters. The molecule has 5 nitrogen and oxygen atoms in total. The average Bonchev–Trinajstić information content (AvgIpc) is 3.08. The van der Waals surface area contributed by atoms with Gasteiger partial charge in [-0.1, -0.05) is 36.4 Å². The second kappa shape index (κ2) is 7.65. The fourth-order valence-corrected chi connectivity index (χ4v) is 3.00. The Balaban J connectivity index is 1.64. The van der Waals surface area contributed by atoms with E-state index in [4.69, 9.17) is 10.5 Å². The minimum Gasteiger partial charge on any atom is -0.375 e. The zero-order chi connectivity index (χ0) is 18.6. The first-order valence-corrected chi connectivity index (χ1v) is 8.69. The van der Waals surface area contributed by atoms with Crippen molar-refractivity contribution >= 4 is 11.0 Å². The molecule has 1 atom stereocenters. The second-order valence-corrected chi connectivity index (χ2v) is 6.23. The van der Waals surface area contributed by atoms with Crippen LogP contribution in [0.3, 0.4) is 0 Å². The second-order valence-electron chi connectivity index (χ2n) is 6.23. The van der Waals surface area contributed by atoms with Crippen molar-refractivity contribution in [3.05, 3.63) is 90.1 Å². The Bertz CT molecular complexity index is 1030. The van der Waals surface area contributed by atoms with Crippen LogP contribution in [0.25, 0.3) is 16.9 Å². The van der Waals surface area contributed by atoms with Crippen LogP contribution in [0, 0.1) is 5.82 Å². The number of benzene rings is 2. The number of imidazole rings is 1. The molecule has 2 aromatic heterocycles. The molecular weight excluding hydrogens is 343 g/mol. The number of rotatable bonds is 6. The van der Waals surface area contributed by atoms with Gasteiger partial charge < -0.3 is 10.5 Å². The van der Waals surface area contributed by atoms with E-state index in [0.29, 0.717) is 29.3 Å². The highest BCUT2D eigenvalue weighted by atomic mass is 19.1. The molecule has 0 aliphatic carbocycles. The van der Waals surface area contributed by atoms with Gasteiger partial charge in [0, 0.05) is 12.3 Å². The molecule has 0 fully saturated rings. The number of halogens is 1. The number of aromatic nitrogens is 3. The third-order valence-corrected chi connectivity index (χ3v) is 4.26. The van der Waals surface area contributed by atoms with Gasteiger partial charge in [0.2, 0.25) is 0 Å². The summed E-state index contributed by atoms with van der Waals surface area (Å²) in [5.74, 6) is 0.890. The molecule has 0 radical (unpaired) electrons. The molecular formula is C21H19FN4O. The molecule has 136 valence electrons. The van der Waals surface area contributed by atoms with Gasteiger partial charge in [0.15, 0.2) is 0 Å². The topological polar surface area (TPSA) is 66.0 Å². The van der Waals surface area contributed by atoms with E-state index in [9.17, 15) is 4.39 Å². The first-order chi connectivity index (χ1) is 13.2. The molecule has 4 rings (SSSR count). The van der Waals surface area contributed by atoms with E-state index in [1.165, 1.54) is 12.1 Å². The first-order valence-electron chi connectivity index (χ1n) is 8.69. The fraction of sp³-hybridized carbons (Fsp3) is 0.143. The van der Waals surface area contributed by atoms with Gasteiger partial charge in [-0.05, 0) is 29.8 Å². The van der Waals surface area contributed by atoms with Gasteiger partial charge in [-0.15, -0.1) is 0 Å². The Kier molecular flexibility index (Phi) is 4.91. The normalized spacial score (nSPS) is 12.4. The Morgan fingerprint density at radius 3 is 2.63 bits per heavy atom. The molecule has 0 aliphatic heterocycles. The van der Waals surface area contributed by atoms with Gasteiger partial charge >= 0.3 is 0 Å². The summed E-state index contributed by atoms with van der Waals surface area (Å²) in [4.78, 5) is 8.98. The number of nitrogens with two attached hydrogens (primary N) is 1. The number of hydrogen-bond donors (Lipinski definition) is 1. The third kappa shape index (κ3) is 3.72. The molecule has 27 heavy (non-hydrogen) atoms. The third-order valence-electron chi connectivity index (χ3n) is 4.26. The lowest BCUT2D eigenvalue weighted by atomic mass is 10.2. The first kappa shape index (κ1) is 17.3. The largest absolute Gasteiger partial charge is 0.375 e. The number of nitrogens with zero attached hydrogens (tertiary/aromatic N) is 3. The number of ether oxygens (including phenoxy) is 1. The zero-order valence-corrected chi connectivity index (χ0v) is 14.6. The Morgan fingerprint density at radius 1 is 1.04 bits per heavy atom. The van der Waals surface area contributed by atoms with E-state index in [1.54, 1.807) is 16.8 Å². The van der Waals surface area contributed by atoms with E-state index in [-0.39, 0.29) is 12.4 Å². The lowest BCUT2D eigenvalue weighted by Crippen LogP contribution is -2.21. The maximum absolute atomic E-state index is 13.8. The van der Waals surface area contributed by atoms with Crippen molar-refractivity contribution in [3.63, 3.8) is 0 Å². The number of pyridine rings is 1. The quantitative estimate of drug-likeness (QED) is 0.567. The SMILES string of the molecule is N[C@@H](COCc1ccccc1)c1nc2ccc(F)cc2n1-c1ccccn1. The molecule has 4 aromatic rings. The Labute approximate surface area is 156 Å². The molecule has 2 heterocycles. The van der Waals surface area contributed by atoms with E-state index in [1.807, 2.05) is 48.5 Å². The number of hydrogen-bond acceptors (Lipinski definition) is 4. The van der Waals surface area contributed by atoms with Gasteiger partial charge in [-0.2, -0.15) is 0 Å². The van der Waals surface area contributed by atoms with Gasteiger partial charge in [0.05, 0.1) is 30.3 Å². The highest BCUT2D eigenvalue weighted by Gasteiger charge is 2.19. The van der Waals surface area contributed by atoms with Crippen LogP contribution < -0.4 is 5.73 Å². The molecule has 0 aliphatic rings. The summed E-state index contributed by atoms with van der Waals surface area (Å²) in [6.45, 7) is 0.751. The van der Waals surface area contributed by atoms with E-state index in [0.717, 1.165) is 5.56 Å². The monoisotopic (exact) mass is 362 g/mol. The summed E-state index contributed by atoms with van der Waals surface area (Å²) in [6.07, 6.45) is 1.68. The maximum atomic E-state index is 13.8. The Hall–Kier alpha value is -3.09. The molecule has 2 N–H and O–H groups in total. The Morgan fingerprint density at radius 2 is 1.85 bits per heavy atom. The molecule has 0 amide bonds. The molecule has 0 saturated heterocycles. The summed E-state index contributed by atoms with van der Waals surface area (Å²) in [6, 6.07) is 19.4. The standard InChI is InChI=1S/C21H19FN4O/c22-16-9-10-18-19(12-16)26(20-8-4-5-11-24-20)21(25-18)17(23)14-27-13-15-6-2-1-3-7-15/h1-12,17H,13-14,23H2/t17-/m0/s1. The van der Waals surface area contributed by atoms with Crippen molar-refractivity contribution in [2.45, 2.75) is 12.6 Å².